The Morgan fingerprint density at radius 2 is 1.87 bits per heavy atom. The first-order chi connectivity index (χ1) is 14.8. The van der Waals surface area contributed by atoms with Crippen LogP contribution in [0.1, 0.15) is 48.3 Å². The number of hydrogen-bond acceptors (Lipinski definition) is 6. The predicted molar refractivity (Wildman–Crippen MR) is 120 cm³/mol. The third-order valence-electron chi connectivity index (χ3n) is 6.14. The molecule has 1 unspecified atom stereocenters. The number of anilines is 2. The maximum atomic E-state index is 12.4. The van der Waals surface area contributed by atoms with Crippen molar-refractivity contribution in [2.75, 3.05) is 43.9 Å². The van der Waals surface area contributed by atoms with Crippen LogP contribution in [0.25, 0.3) is 0 Å². The SMILES string of the molecule is CC(=O)N1[C@H](C)CN(c2cccc(C3CNc4ncc(C(=O)N(C)C)cc43)n2)C[C@@H]1C. The van der Waals surface area contributed by atoms with Crippen LogP contribution in [0, 0.1) is 0 Å². The van der Waals surface area contributed by atoms with Crippen molar-refractivity contribution < 1.29 is 9.59 Å². The molecule has 164 valence electrons. The number of hydrogen-bond donors (Lipinski definition) is 1. The monoisotopic (exact) mass is 422 g/mol. The second-order valence-corrected chi connectivity index (χ2v) is 8.74. The summed E-state index contributed by atoms with van der Waals surface area (Å²) in [6.07, 6.45) is 1.62. The lowest BCUT2D eigenvalue weighted by atomic mass is 9.97. The summed E-state index contributed by atoms with van der Waals surface area (Å²) < 4.78 is 0. The Bertz CT molecular complexity index is 995. The van der Waals surface area contributed by atoms with Gasteiger partial charge in [0.05, 0.1) is 11.3 Å². The first-order valence-corrected chi connectivity index (χ1v) is 10.7. The Kier molecular flexibility index (Phi) is 5.56. The third kappa shape index (κ3) is 3.94. The Morgan fingerprint density at radius 1 is 1.16 bits per heavy atom. The smallest absolute Gasteiger partial charge is 0.254 e. The van der Waals surface area contributed by atoms with Crippen LogP contribution in [0.2, 0.25) is 0 Å². The summed E-state index contributed by atoms with van der Waals surface area (Å²) in [5.41, 5.74) is 2.53. The zero-order chi connectivity index (χ0) is 22.3. The average molecular weight is 423 g/mol. The first kappa shape index (κ1) is 21.1. The van der Waals surface area contributed by atoms with Crippen LogP contribution in [0.3, 0.4) is 0 Å². The van der Waals surface area contributed by atoms with Gasteiger partial charge in [0.15, 0.2) is 0 Å². The number of carbonyl (C=O) groups is 2. The molecule has 3 atom stereocenters. The molecule has 2 amide bonds. The lowest BCUT2D eigenvalue weighted by Gasteiger charge is -2.44. The van der Waals surface area contributed by atoms with Crippen molar-refractivity contribution in [1.29, 1.82) is 0 Å². The summed E-state index contributed by atoms with van der Waals surface area (Å²) in [6.45, 7) is 8.00. The molecule has 4 rings (SSSR count). The van der Waals surface area contributed by atoms with E-state index in [0.29, 0.717) is 12.1 Å². The van der Waals surface area contributed by atoms with Crippen LogP contribution in [-0.2, 0) is 4.79 Å². The molecule has 2 aromatic heterocycles. The van der Waals surface area contributed by atoms with Crippen molar-refractivity contribution in [1.82, 2.24) is 19.8 Å². The molecule has 0 aliphatic carbocycles. The first-order valence-electron chi connectivity index (χ1n) is 10.7. The molecule has 2 aliphatic rings. The molecule has 0 radical (unpaired) electrons. The van der Waals surface area contributed by atoms with Gasteiger partial charge < -0.3 is 20.0 Å². The number of piperazine rings is 1. The van der Waals surface area contributed by atoms with Gasteiger partial charge in [0, 0.05) is 70.4 Å². The minimum Gasteiger partial charge on any atom is -0.369 e. The average Bonchev–Trinajstić information content (AvgIpc) is 3.15. The van der Waals surface area contributed by atoms with Crippen LogP contribution in [0.15, 0.2) is 30.5 Å². The van der Waals surface area contributed by atoms with Crippen LogP contribution < -0.4 is 10.2 Å². The van der Waals surface area contributed by atoms with Crippen molar-refractivity contribution in [2.24, 2.45) is 0 Å². The highest BCUT2D eigenvalue weighted by atomic mass is 16.2. The quantitative estimate of drug-likeness (QED) is 0.817. The summed E-state index contributed by atoms with van der Waals surface area (Å²) in [6, 6.07) is 8.28. The fraction of sp³-hybridized carbons (Fsp3) is 0.478. The number of aromatic nitrogens is 2. The molecule has 1 saturated heterocycles. The van der Waals surface area contributed by atoms with Gasteiger partial charge in [-0.3, -0.25) is 9.59 Å². The summed E-state index contributed by atoms with van der Waals surface area (Å²) in [5.74, 6) is 1.82. The second kappa shape index (κ2) is 8.17. The zero-order valence-corrected chi connectivity index (χ0v) is 18.8. The predicted octanol–water partition coefficient (Wildman–Crippen LogP) is 2.18. The fourth-order valence-electron chi connectivity index (χ4n) is 4.78. The number of carbonyl (C=O) groups excluding carboxylic acids is 2. The van der Waals surface area contributed by atoms with Crippen molar-refractivity contribution in [3.63, 3.8) is 0 Å². The van der Waals surface area contributed by atoms with Gasteiger partial charge in [-0.15, -0.1) is 0 Å². The molecule has 2 aromatic rings. The molecule has 2 aliphatic heterocycles. The van der Waals surface area contributed by atoms with E-state index >= 15 is 0 Å². The molecule has 8 nitrogen and oxygen atoms in total. The molecule has 1 fully saturated rings. The lowest BCUT2D eigenvalue weighted by Crippen LogP contribution is -2.58. The maximum absolute atomic E-state index is 12.4. The Hall–Kier alpha value is -3.16. The van der Waals surface area contributed by atoms with Crippen molar-refractivity contribution in [2.45, 2.75) is 38.8 Å². The van der Waals surface area contributed by atoms with Gasteiger partial charge >= 0.3 is 0 Å². The highest BCUT2D eigenvalue weighted by molar-refractivity contribution is 5.94. The van der Waals surface area contributed by atoms with E-state index in [-0.39, 0.29) is 29.8 Å². The number of nitrogens with one attached hydrogen (secondary N) is 1. The zero-order valence-electron chi connectivity index (χ0n) is 18.8. The van der Waals surface area contributed by atoms with E-state index in [9.17, 15) is 9.59 Å². The van der Waals surface area contributed by atoms with Gasteiger partial charge in [0.25, 0.3) is 5.91 Å². The van der Waals surface area contributed by atoms with Gasteiger partial charge in [-0.2, -0.15) is 0 Å². The standard InChI is InChI=1S/C23H30N6O2/c1-14-12-28(13-15(2)29(14)16(3)30)21-8-6-7-20(26-21)19-11-25-22-18(19)9-17(10-24-22)23(31)27(4)5/h6-10,14-15,19H,11-13H2,1-5H3,(H,24,25)/t14-,15+,19?. The van der Waals surface area contributed by atoms with Crippen LogP contribution in [0.5, 0.6) is 0 Å². The van der Waals surface area contributed by atoms with E-state index in [2.05, 4.69) is 29.0 Å². The Balaban J connectivity index is 1.60. The van der Waals surface area contributed by atoms with E-state index in [4.69, 9.17) is 4.98 Å². The Morgan fingerprint density at radius 3 is 2.52 bits per heavy atom. The highest BCUT2D eigenvalue weighted by Gasteiger charge is 2.32. The topological polar surface area (TPSA) is 81.7 Å². The molecular formula is C23H30N6O2. The highest BCUT2D eigenvalue weighted by Crippen LogP contribution is 2.35. The fourth-order valence-corrected chi connectivity index (χ4v) is 4.78. The Labute approximate surface area is 183 Å². The van der Waals surface area contributed by atoms with Crippen LogP contribution in [0.4, 0.5) is 11.6 Å². The number of pyridine rings is 2. The van der Waals surface area contributed by atoms with Crippen molar-refractivity contribution in [3.8, 4) is 0 Å². The third-order valence-corrected chi connectivity index (χ3v) is 6.14. The van der Waals surface area contributed by atoms with Crippen LogP contribution >= 0.6 is 0 Å². The summed E-state index contributed by atoms with van der Waals surface area (Å²) in [5, 5.41) is 3.34. The van der Waals surface area contributed by atoms with E-state index in [0.717, 1.165) is 36.0 Å². The molecule has 0 saturated carbocycles. The van der Waals surface area contributed by atoms with Gasteiger partial charge in [-0.05, 0) is 32.0 Å². The van der Waals surface area contributed by atoms with Gasteiger partial charge in [-0.25, -0.2) is 9.97 Å². The molecule has 31 heavy (non-hydrogen) atoms. The molecule has 1 N–H and O–H groups in total. The number of nitrogens with zero attached hydrogens (tertiary/aromatic N) is 5. The van der Waals surface area contributed by atoms with E-state index in [1.54, 1.807) is 32.1 Å². The summed E-state index contributed by atoms with van der Waals surface area (Å²) in [4.78, 5) is 39.6. The summed E-state index contributed by atoms with van der Waals surface area (Å²) in [7, 11) is 3.48. The molecule has 0 spiro atoms. The maximum Gasteiger partial charge on any atom is 0.254 e. The normalized spacial score (nSPS) is 22.7. The minimum atomic E-state index is -0.0611. The molecular weight excluding hydrogens is 392 g/mol. The van der Waals surface area contributed by atoms with E-state index < -0.39 is 0 Å². The van der Waals surface area contributed by atoms with Gasteiger partial charge in [0.1, 0.15) is 11.6 Å². The molecule has 0 aromatic carbocycles. The number of amides is 2. The lowest BCUT2D eigenvalue weighted by molar-refractivity contribution is -0.133. The number of rotatable bonds is 3. The number of fused-ring (bicyclic) bond motifs is 1. The minimum absolute atomic E-state index is 0.0331. The summed E-state index contributed by atoms with van der Waals surface area (Å²) >= 11 is 0. The van der Waals surface area contributed by atoms with Crippen molar-refractivity contribution in [3.05, 3.63) is 47.3 Å². The van der Waals surface area contributed by atoms with Crippen LogP contribution in [-0.4, -0.2) is 77.4 Å². The molecule has 0 bridgehead atoms. The second-order valence-electron chi connectivity index (χ2n) is 8.74. The van der Waals surface area contributed by atoms with Crippen molar-refractivity contribution >= 4 is 23.5 Å². The van der Waals surface area contributed by atoms with E-state index in [1.807, 2.05) is 29.2 Å². The largest absolute Gasteiger partial charge is 0.369 e. The molecule has 4 heterocycles. The van der Waals surface area contributed by atoms with Gasteiger partial charge in [0.2, 0.25) is 5.91 Å². The van der Waals surface area contributed by atoms with E-state index in [1.165, 1.54) is 0 Å². The molecule has 8 heteroatoms. The van der Waals surface area contributed by atoms with Gasteiger partial charge in [-0.1, -0.05) is 6.07 Å².